The van der Waals surface area contributed by atoms with E-state index in [2.05, 4.69) is 97.1 Å². The summed E-state index contributed by atoms with van der Waals surface area (Å²) in [7, 11) is 0. The van der Waals surface area contributed by atoms with Gasteiger partial charge in [-0.2, -0.15) is 0 Å². The summed E-state index contributed by atoms with van der Waals surface area (Å²) in [6.45, 7) is 0. The second kappa shape index (κ2) is 6.84. The Morgan fingerprint density at radius 3 is 1.97 bits per heavy atom. The number of benzene rings is 5. The van der Waals surface area contributed by atoms with E-state index in [1.807, 2.05) is 18.2 Å². The van der Waals surface area contributed by atoms with Crippen molar-refractivity contribution in [2.24, 2.45) is 0 Å². The third-order valence-electron chi connectivity index (χ3n) is 7.02. The lowest BCUT2D eigenvalue weighted by Gasteiger charge is -2.33. The Bertz CT molecular complexity index is 1620. The number of furan rings is 1. The molecule has 2 heteroatoms. The van der Waals surface area contributed by atoms with Crippen LogP contribution >= 0.6 is 11.6 Å². The molecule has 1 aliphatic rings. The first-order valence-corrected chi connectivity index (χ1v) is 11.5. The molecule has 1 nitrogen and oxygen atoms in total. The molecular weight excluding hydrogens is 424 g/mol. The standard InChI is InChI=1S/C31H19ClO/c32-22-15-16-23-26(19-22)31(20-9-3-1-4-10-20,21-11-5-2-6-12-21)25-17-18-28-30(29(23)25)24-13-7-8-14-27(24)33-28/h1-19H. The van der Waals surface area contributed by atoms with E-state index >= 15 is 0 Å². The number of halogens is 1. The minimum absolute atomic E-state index is 0.468. The maximum Gasteiger partial charge on any atom is 0.136 e. The van der Waals surface area contributed by atoms with Gasteiger partial charge < -0.3 is 4.42 Å². The van der Waals surface area contributed by atoms with Gasteiger partial charge in [-0.15, -0.1) is 0 Å². The van der Waals surface area contributed by atoms with E-state index in [4.69, 9.17) is 16.0 Å². The van der Waals surface area contributed by atoms with Crippen LogP contribution in [0, 0.1) is 0 Å². The minimum atomic E-state index is -0.468. The topological polar surface area (TPSA) is 13.1 Å². The van der Waals surface area contributed by atoms with E-state index in [1.165, 1.54) is 38.8 Å². The molecule has 5 aromatic carbocycles. The van der Waals surface area contributed by atoms with Crippen LogP contribution in [0.15, 0.2) is 120 Å². The smallest absolute Gasteiger partial charge is 0.136 e. The lowest BCUT2D eigenvalue weighted by atomic mass is 9.67. The minimum Gasteiger partial charge on any atom is -0.456 e. The van der Waals surface area contributed by atoms with Crippen molar-refractivity contribution in [3.05, 3.63) is 143 Å². The molecule has 0 atom stereocenters. The van der Waals surface area contributed by atoms with E-state index in [1.54, 1.807) is 0 Å². The first kappa shape index (κ1) is 18.7. The Hall–Kier alpha value is -3.81. The van der Waals surface area contributed by atoms with Gasteiger partial charge in [-0.25, -0.2) is 0 Å². The van der Waals surface area contributed by atoms with Crippen LogP contribution < -0.4 is 0 Å². The Labute approximate surface area is 196 Å². The predicted molar refractivity (Wildman–Crippen MR) is 136 cm³/mol. The van der Waals surface area contributed by atoms with Crippen LogP contribution in [0.25, 0.3) is 33.1 Å². The number of rotatable bonds is 2. The average Bonchev–Trinajstić information content (AvgIpc) is 3.38. The van der Waals surface area contributed by atoms with Crippen LogP contribution in [-0.2, 0) is 5.41 Å². The fraction of sp³-hybridized carbons (Fsp3) is 0.0323. The average molecular weight is 443 g/mol. The number of fused-ring (bicyclic) bond motifs is 7. The summed E-state index contributed by atoms with van der Waals surface area (Å²) in [6, 6.07) is 40.5. The SMILES string of the molecule is Clc1ccc2c(c1)C(c1ccccc1)(c1ccccc1)c1ccc3oc4ccccc4c3c1-2. The van der Waals surface area contributed by atoms with Gasteiger partial charge in [0.1, 0.15) is 11.2 Å². The molecule has 33 heavy (non-hydrogen) atoms. The summed E-state index contributed by atoms with van der Waals surface area (Å²) in [5, 5.41) is 3.05. The highest BCUT2D eigenvalue weighted by Crippen LogP contribution is 2.59. The van der Waals surface area contributed by atoms with Gasteiger partial charge in [-0.1, -0.05) is 103 Å². The monoisotopic (exact) mass is 442 g/mol. The number of para-hydroxylation sites is 1. The summed E-state index contributed by atoms with van der Waals surface area (Å²) in [6.07, 6.45) is 0. The fourth-order valence-corrected chi connectivity index (χ4v) is 5.94. The van der Waals surface area contributed by atoms with Gasteiger partial charge in [0.2, 0.25) is 0 Å². The first-order valence-electron chi connectivity index (χ1n) is 11.1. The molecule has 0 amide bonds. The van der Waals surface area contributed by atoms with Gasteiger partial charge in [0.15, 0.2) is 0 Å². The molecule has 1 heterocycles. The second-order valence-corrected chi connectivity index (χ2v) is 9.07. The molecule has 0 unspecified atom stereocenters. The number of hydrogen-bond acceptors (Lipinski definition) is 1. The normalized spacial score (nSPS) is 13.8. The summed E-state index contributed by atoms with van der Waals surface area (Å²) in [5.74, 6) is 0. The second-order valence-electron chi connectivity index (χ2n) is 8.63. The van der Waals surface area contributed by atoms with Crippen LogP contribution in [0.2, 0.25) is 5.02 Å². The Morgan fingerprint density at radius 1 is 0.576 bits per heavy atom. The van der Waals surface area contributed by atoms with Crippen LogP contribution in [0.4, 0.5) is 0 Å². The van der Waals surface area contributed by atoms with E-state index in [0.29, 0.717) is 0 Å². The van der Waals surface area contributed by atoms with Crippen LogP contribution in [0.5, 0.6) is 0 Å². The first-order chi connectivity index (χ1) is 16.3. The molecule has 0 N–H and O–H groups in total. The molecule has 0 aliphatic heterocycles. The van der Waals surface area contributed by atoms with E-state index in [-0.39, 0.29) is 0 Å². The zero-order valence-corrected chi connectivity index (χ0v) is 18.5. The van der Waals surface area contributed by atoms with Crippen LogP contribution in [0.1, 0.15) is 22.3 Å². The molecule has 1 aliphatic carbocycles. The summed E-state index contributed by atoms with van der Waals surface area (Å²) < 4.78 is 6.27. The lowest BCUT2D eigenvalue weighted by Crippen LogP contribution is -2.28. The van der Waals surface area contributed by atoms with Crippen molar-refractivity contribution in [2.75, 3.05) is 0 Å². The molecule has 0 saturated carbocycles. The zero-order valence-electron chi connectivity index (χ0n) is 17.8. The maximum absolute atomic E-state index is 6.64. The summed E-state index contributed by atoms with van der Waals surface area (Å²) >= 11 is 6.64. The van der Waals surface area contributed by atoms with Gasteiger partial charge in [-0.3, -0.25) is 0 Å². The van der Waals surface area contributed by atoms with Gasteiger partial charge in [0.05, 0.1) is 5.41 Å². The largest absolute Gasteiger partial charge is 0.456 e. The highest BCUT2D eigenvalue weighted by molar-refractivity contribution is 6.31. The predicted octanol–water partition coefficient (Wildman–Crippen LogP) is 8.60. The molecule has 0 spiro atoms. The molecule has 7 rings (SSSR count). The van der Waals surface area contributed by atoms with Crippen molar-refractivity contribution >= 4 is 33.5 Å². The Morgan fingerprint density at radius 2 is 1.24 bits per heavy atom. The highest BCUT2D eigenvalue weighted by Gasteiger charge is 2.47. The van der Waals surface area contributed by atoms with E-state index < -0.39 is 5.41 Å². The third kappa shape index (κ3) is 2.43. The van der Waals surface area contributed by atoms with Gasteiger partial charge in [-0.05, 0) is 57.6 Å². The van der Waals surface area contributed by atoms with Crippen molar-refractivity contribution in [1.82, 2.24) is 0 Å². The quantitative estimate of drug-likeness (QED) is 0.261. The highest BCUT2D eigenvalue weighted by atomic mass is 35.5. The summed E-state index contributed by atoms with van der Waals surface area (Å²) in [5.41, 5.74) is 8.72. The van der Waals surface area contributed by atoms with Crippen molar-refractivity contribution in [3.8, 4) is 11.1 Å². The molecule has 0 radical (unpaired) electrons. The lowest BCUT2D eigenvalue weighted by molar-refractivity contribution is 0.668. The van der Waals surface area contributed by atoms with Crippen molar-refractivity contribution in [1.29, 1.82) is 0 Å². The summed E-state index contributed by atoms with van der Waals surface area (Å²) in [4.78, 5) is 0. The number of hydrogen-bond donors (Lipinski definition) is 0. The van der Waals surface area contributed by atoms with E-state index in [9.17, 15) is 0 Å². The van der Waals surface area contributed by atoms with Crippen molar-refractivity contribution in [2.45, 2.75) is 5.41 Å². The van der Waals surface area contributed by atoms with Crippen molar-refractivity contribution in [3.63, 3.8) is 0 Å². The maximum atomic E-state index is 6.64. The Balaban J connectivity index is 1.74. The van der Waals surface area contributed by atoms with Gasteiger partial charge in [0.25, 0.3) is 0 Å². The third-order valence-corrected chi connectivity index (χ3v) is 7.25. The molecule has 0 fully saturated rings. The molecule has 6 aromatic rings. The zero-order chi connectivity index (χ0) is 22.0. The molecule has 0 bridgehead atoms. The van der Waals surface area contributed by atoms with Gasteiger partial charge >= 0.3 is 0 Å². The van der Waals surface area contributed by atoms with Crippen molar-refractivity contribution < 1.29 is 4.42 Å². The molecule has 0 saturated heterocycles. The van der Waals surface area contributed by atoms with E-state index in [0.717, 1.165) is 21.6 Å². The van der Waals surface area contributed by atoms with Crippen LogP contribution in [-0.4, -0.2) is 0 Å². The molecule has 156 valence electrons. The Kier molecular flexibility index (Phi) is 3.88. The molecule has 1 aromatic heterocycles. The van der Waals surface area contributed by atoms with Gasteiger partial charge in [0, 0.05) is 15.8 Å². The van der Waals surface area contributed by atoms with Crippen LogP contribution in [0.3, 0.4) is 0 Å². The molecular formula is C31H19ClO. The fourth-order valence-electron chi connectivity index (χ4n) is 5.76.